The van der Waals surface area contributed by atoms with Crippen molar-refractivity contribution in [1.82, 2.24) is 9.88 Å². The third-order valence-corrected chi connectivity index (χ3v) is 3.43. The van der Waals surface area contributed by atoms with Crippen LogP contribution in [0.5, 0.6) is 0 Å². The molecule has 1 aromatic heterocycles. The summed E-state index contributed by atoms with van der Waals surface area (Å²) < 4.78 is 0. The molecule has 0 radical (unpaired) electrons. The zero-order valence-electron chi connectivity index (χ0n) is 8.78. The zero-order chi connectivity index (χ0) is 11.5. The Kier molecular flexibility index (Phi) is 3.43. The molecule has 1 aliphatic rings. The number of aromatic amines is 1. The van der Waals surface area contributed by atoms with Gasteiger partial charge in [0.25, 0.3) is 5.91 Å². The van der Waals surface area contributed by atoms with E-state index in [9.17, 15) is 9.59 Å². The molecule has 1 saturated heterocycles. The van der Waals surface area contributed by atoms with E-state index in [1.165, 1.54) is 12.3 Å². The van der Waals surface area contributed by atoms with E-state index in [0.717, 1.165) is 25.9 Å². The van der Waals surface area contributed by atoms with Crippen LogP contribution < -0.4 is 5.56 Å². The maximum Gasteiger partial charge on any atom is 0.255 e. The fourth-order valence-electron chi connectivity index (χ4n) is 1.84. The number of hydrogen-bond acceptors (Lipinski definition) is 2. The highest BCUT2D eigenvalue weighted by molar-refractivity contribution is 9.09. The van der Waals surface area contributed by atoms with Gasteiger partial charge in [0.05, 0.1) is 5.56 Å². The summed E-state index contributed by atoms with van der Waals surface area (Å²) in [5, 5.41) is 0. The summed E-state index contributed by atoms with van der Waals surface area (Å²) in [6.07, 6.45) is 3.60. The number of H-pyrrole nitrogens is 1. The molecule has 1 aromatic rings. The van der Waals surface area contributed by atoms with Crippen LogP contribution in [0.3, 0.4) is 0 Å². The van der Waals surface area contributed by atoms with Crippen molar-refractivity contribution in [3.8, 4) is 0 Å². The minimum Gasteiger partial charge on any atom is -0.337 e. The minimum atomic E-state index is -0.187. The molecule has 4 nitrogen and oxygen atoms in total. The van der Waals surface area contributed by atoms with Crippen LogP contribution in [0.1, 0.15) is 23.2 Å². The van der Waals surface area contributed by atoms with Crippen LogP contribution >= 0.6 is 15.9 Å². The van der Waals surface area contributed by atoms with Crippen LogP contribution in [0.15, 0.2) is 23.1 Å². The van der Waals surface area contributed by atoms with Gasteiger partial charge in [-0.25, -0.2) is 0 Å². The largest absolute Gasteiger partial charge is 0.337 e. The Bertz CT molecular complexity index is 423. The highest BCUT2D eigenvalue weighted by atomic mass is 79.9. The summed E-state index contributed by atoms with van der Waals surface area (Å²) in [7, 11) is 0. The second kappa shape index (κ2) is 4.82. The van der Waals surface area contributed by atoms with Crippen molar-refractivity contribution >= 4 is 21.8 Å². The number of piperidine rings is 1. The van der Waals surface area contributed by atoms with Crippen LogP contribution in [0.4, 0.5) is 0 Å². The van der Waals surface area contributed by atoms with Crippen molar-refractivity contribution in [3.05, 3.63) is 34.2 Å². The number of aromatic nitrogens is 1. The van der Waals surface area contributed by atoms with E-state index < -0.39 is 0 Å². The molecule has 1 unspecified atom stereocenters. The van der Waals surface area contributed by atoms with E-state index in [0.29, 0.717) is 10.4 Å². The molecule has 0 spiro atoms. The van der Waals surface area contributed by atoms with E-state index in [1.807, 2.05) is 4.90 Å². The second-order valence-corrected chi connectivity index (χ2v) is 5.23. The average Bonchev–Trinajstić information content (AvgIpc) is 2.29. The maximum absolute atomic E-state index is 12.0. The highest BCUT2D eigenvalue weighted by Crippen LogP contribution is 2.18. The normalized spacial score (nSPS) is 20.8. The van der Waals surface area contributed by atoms with Crippen molar-refractivity contribution in [2.45, 2.75) is 17.7 Å². The first-order valence-corrected chi connectivity index (χ1v) is 6.20. The number of carbonyl (C=O) groups excluding carboxylic acids is 1. The van der Waals surface area contributed by atoms with Crippen molar-refractivity contribution in [3.63, 3.8) is 0 Å². The van der Waals surface area contributed by atoms with Gasteiger partial charge in [0, 0.05) is 30.2 Å². The van der Waals surface area contributed by atoms with Crippen molar-refractivity contribution in [1.29, 1.82) is 0 Å². The lowest BCUT2D eigenvalue weighted by Crippen LogP contribution is -2.40. The Morgan fingerprint density at radius 3 is 2.94 bits per heavy atom. The van der Waals surface area contributed by atoms with Gasteiger partial charge in [-0.2, -0.15) is 0 Å². The van der Waals surface area contributed by atoms with E-state index >= 15 is 0 Å². The third-order valence-electron chi connectivity index (χ3n) is 2.68. The lowest BCUT2D eigenvalue weighted by molar-refractivity contribution is 0.0729. The molecule has 1 atom stereocenters. The van der Waals surface area contributed by atoms with Crippen LogP contribution in [-0.4, -0.2) is 33.7 Å². The number of amides is 1. The molecule has 16 heavy (non-hydrogen) atoms. The molecule has 5 heteroatoms. The summed E-state index contributed by atoms with van der Waals surface area (Å²) in [6, 6.07) is 2.95. The molecule has 0 bridgehead atoms. The van der Waals surface area contributed by atoms with Crippen molar-refractivity contribution < 1.29 is 4.79 Å². The molecule has 0 aromatic carbocycles. The van der Waals surface area contributed by atoms with Gasteiger partial charge in [-0.1, -0.05) is 15.9 Å². The second-order valence-electron chi connectivity index (χ2n) is 3.93. The van der Waals surface area contributed by atoms with Crippen molar-refractivity contribution in [2.75, 3.05) is 13.1 Å². The Morgan fingerprint density at radius 2 is 2.31 bits per heavy atom. The Morgan fingerprint density at radius 1 is 1.50 bits per heavy atom. The molecule has 2 rings (SSSR count). The molecular weight excluding hydrogens is 272 g/mol. The lowest BCUT2D eigenvalue weighted by Gasteiger charge is -2.29. The van der Waals surface area contributed by atoms with E-state index in [2.05, 4.69) is 20.9 Å². The van der Waals surface area contributed by atoms with E-state index in [1.54, 1.807) is 6.07 Å². The number of nitrogens with one attached hydrogen (secondary N) is 1. The summed E-state index contributed by atoms with van der Waals surface area (Å²) in [6.45, 7) is 1.53. The summed E-state index contributed by atoms with van der Waals surface area (Å²) >= 11 is 3.53. The van der Waals surface area contributed by atoms with Gasteiger partial charge in [0.15, 0.2) is 0 Å². The van der Waals surface area contributed by atoms with Gasteiger partial charge in [-0.3, -0.25) is 9.59 Å². The number of hydrogen-bond donors (Lipinski definition) is 1. The number of nitrogens with zero attached hydrogens (tertiary/aromatic N) is 1. The third kappa shape index (κ3) is 2.52. The summed E-state index contributed by atoms with van der Waals surface area (Å²) in [5.74, 6) is -0.0135. The molecular formula is C11H13BrN2O2. The highest BCUT2D eigenvalue weighted by Gasteiger charge is 2.22. The van der Waals surface area contributed by atoms with E-state index in [4.69, 9.17) is 0 Å². The van der Waals surface area contributed by atoms with Gasteiger partial charge in [-0.15, -0.1) is 0 Å². The molecule has 2 heterocycles. The van der Waals surface area contributed by atoms with Gasteiger partial charge in [0.1, 0.15) is 0 Å². The first-order valence-electron chi connectivity index (χ1n) is 5.29. The smallest absolute Gasteiger partial charge is 0.255 e. The van der Waals surface area contributed by atoms with Crippen LogP contribution in [-0.2, 0) is 0 Å². The van der Waals surface area contributed by atoms with Crippen molar-refractivity contribution in [2.24, 2.45) is 0 Å². The van der Waals surface area contributed by atoms with Gasteiger partial charge in [-0.05, 0) is 18.9 Å². The fraction of sp³-hybridized carbons (Fsp3) is 0.455. The fourth-order valence-corrected chi connectivity index (χ4v) is 2.51. The quantitative estimate of drug-likeness (QED) is 0.792. The lowest BCUT2D eigenvalue weighted by atomic mass is 10.1. The van der Waals surface area contributed by atoms with E-state index in [-0.39, 0.29) is 11.5 Å². The SMILES string of the molecule is O=C(c1ccc(=O)[nH]c1)N1CCCC(Br)C1. The Labute approximate surface area is 102 Å². The maximum atomic E-state index is 12.0. The van der Waals surface area contributed by atoms with Crippen LogP contribution in [0, 0.1) is 0 Å². The molecule has 1 fully saturated rings. The predicted octanol–water partition coefficient (Wildman–Crippen LogP) is 1.37. The average molecular weight is 285 g/mol. The van der Waals surface area contributed by atoms with Crippen LogP contribution in [0.2, 0.25) is 0 Å². The molecule has 1 N–H and O–H groups in total. The monoisotopic (exact) mass is 284 g/mol. The zero-order valence-corrected chi connectivity index (χ0v) is 10.4. The number of pyridine rings is 1. The molecule has 0 aliphatic carbocycles. The van der Waals surface area contributed by atoms with Crippen LogP contribution in [0.25, 0.3) is 0 Å². The van der Waals surface area contributed by atoms with Gasteiger partial charge < -0.3 is 9.88 Å². The molecule has 86 valence electrons. The molecule has 0 saturated carbocycles. The number of likely N-dealkylation sites (tertiary alicyclic amines) is 1. The standard InChI is InChI=1S/C11H13BrN2O2/c12-9-2-1-5-14(7-9)11(16)8-3-4-10(15)13-6-8/h3-4,6,9H,1-2,5,7H2,(H,13,15). The topological polar surface area (TPSA) is 53.2 Å². The summed E-state index contributed by atoms with van der Waals surface area (Å²) in [4.78, 5) is 27.6. The number of alkyl halides is 1. The minimum absolute atomic E-state index is 0.0135. The first kappa shape index (κ1) is 11.4. The first-order chi connectivity index (χ1) is 7.66. The van der Waals surface area contributed by atoms with Gasteiger partial charge >= 0.3 is 0 Å². The Hall–Kier alpha value is -1.10. The number of carbonyl (C=O) groups is 1. The Balaban J connectivity index is 2.12. The number of rotatable bonds is 1. The molecule has 1 aliphatic heterocycles. The predicted molar refractivity (Wildman–Crippen MR) is 64.9 cm³/mol. The molecule has 1 amide bonds. The van der Waals surface area contributed by atoms with Gasteiger partial charge in [0.2, 0.25) is 5.56 Å². The number of halogens is 1. The summed E-state index contributed by atoms with van der Waals surface area (Å²) in [5.41, 5.74) is 0.356.